The normalized spacial score (nSPS) is 16.2. The highest BCUT2D eigenvalue weighted by Gasteiger charge is 2.32. The van der Waals surface area contributed by atoms with Crippen LogP contribution in [0.25, 0.3) is 0 Å². The number of ether oxygens (including phenoxy) is 2. The summed E-state index contributed by atoms with van der Waals surface area (Å²) in [6.45, 7) is 6.02. The Labute approximate surface area is 109 Å². The lowest BCUT2D eigenvalue weighted by Gasteiger charge is -2.18. The number of hydrogen-bond donors (Lipinski definition) is 1. The van der Waals surface area contributed by atoms with Crippen molar-refractivity contribution in [3.05, 3.63) is 23.8 Å². The first kappa shape index (κ1) is 13.2. The van der Waals surface area contributed by atoms with E-state index >= 15 is 0 Å². The average molecular weight is 249 g/mol. The van der Waals surface area contributed by atoms with Gasteiger partial charge in [-0.2, -0.15) is 0 Å². The van der Waals surface area contributed by atoms with E-state index in [1.807, 2.05) is 19.2 Å². The molecule has 0 atom stereocenters. The third kappa shape index (κ3) is 3.16. The van der Waals surface area contributed by atoms with E-state index in [-0.39, 0.29) is 5.60 Å². The highest BCUT2D eigenvalue weighted by atomic mass is 16.5. The molecule has 0 unspecified atom stereocenters. The molecule has 0 saturated heterocycles. The fraction of sp³-hybridized carbons (Fsp3) is 0.600. The van der Waals surface area contributed by atoms with Crippen molar-refractivity contribution in [1.29, 1.82) is 0 Å². The zero-order chi connectivity index (χ0) is 13.0. The maximum absolute atomic E-state index is 5.97. The van der Waals surface area contributed by atoms with E-state index in [9.17, 15) is 0 Å². The molecule has 18 heavy (non-hydrogen) atoms. The minimum absolute atomic E-state index is 0.103. The molecule has 0 amide bonds. The topological polar surface area (TPSA) is 30.5 Å². The van der Waals surface area contributed by atoms with Crippen LogP contribution in [0.1, 0.15) is 32.3 Å². The summed E-state index contributed by atoms with van der Waals surface area (Å²) in [7, 11) is 1.97. The first-order valence-electron chi connectivity index (χ1n) is 6.71. The molecule has 0 bridgehead atoms. The van der Waals surface area contributed by atoms with Gasteiger partial charge in [0.25, 0.3) is 0 Å². The van der Waals surface area contributed by atoms with Gasteiger partial charge in [-0.15, -0.1) is 0 Å². The Hall–Kier alpha value is -1.22. The molecule has 1 aromatic rings. The summed E-state index contributed by atoms with van der Waals surface area (Å²) in [4.78, 5) is 0. The van der Waals surface area contributed by atoms with E-state index in [4.69, 9.17) is 9.47 Å². The summed E-state index contributed by atoms with van der Waals surface area (Å²) in [5, 5.41) is 3.14. The second-order valence-corrected chi connectivity index (χ2v) is 5.44. The lowest BCUT2D eigenvalue weighted by Crippen LogP contribution is -2.24. The molecule has 1 aromatic carbocycles. The summed E-state index contributed by atoms with van der Waals surface area (Å²) >= 11 is 0. The molecular weight excluding hydrogens is 226 g/mol. The van der Waals surface area contributed by atoms with Gasteiger partial charge in [-0.25, -0.2) is 0 Å². The van der Waals surface area contributed by atoms with Gasteiger partial charge in [-0.3, -0.25) is 0 Å². The monoisotopic (exact) mass is 249 g/mol. The third-order valence-electron chi connectivity index (χ3n) is 3.13. The van der Waals surface area contributed by atoms with Crippen LogP contribution in [0.2, 0.25) is 0 Å². The highest BCUT2D eigenvalue weighted by Crippen LogP contribution is 2.41. The largest absolute Gasteiger partial charge is 0.490 e. The molecule has 0 fully saturated rings. The summed E-state index contributed by atoms with van der Waals surface area (Å²) in [6, 6.07) is 6.17. The van der Waals surface area contributed by atoms with Crippen LogP contribution in [0.3, 0.4) is 0 Å². The molecule has 2 rings (SSSR count). The van der Waals surface area contributed by atoms with Gasteiger partial charge in [0.2, 0.25) is 0 Å². The van der Waals surface area contributed by atoms with Gasteiger partial charge in [0, 0.05) is 12.0 Å². The van der Waals surface area contributed by atoms with Crippen LogP contribution in [-0.2, 0) is 6.42 Å². The molecule has 1 aliphatic rings. The molecule has 0 aliphatic carbocycles. The molecule has 0 spiro atoms. The predicted octanol–water partition coefficient (Wildman–Crippen LogP) is 2.78. The van der Waals surface area contributed by atoms with Gasteiger partial charge in [-0.05, 0) is 46.3 Å². The van der Waals surface area contributed by atoms with Crippen molar-refractivity contribution in [3.8, 4) is 11.5 Å². The predicted molar refractivity (Wildman–Crippen MR) is 73.5 cm³/mol. The second-order valence-electron chi connectivity index (χ2n) is 5.44. The Morgan fingerprint density at radius 2 is 2.17 bits per heavy atom. The van der Waals surface area contributed by atoms with E-state index < -0.39 is 0 Å². The lowest BCUT2D eigenvalue weighted by molar-refractivity contribution is 0.132. The third-order valence-corrected chi connectivity index (χ3v) is 3.13. The molecular formula is C15H23NO2. The maximum Gasteiger partial charge on any atom is 0.165 e. The molecule has 1 aliphatic heterocycles. The highest BCUT2D eigenvalue weighted by molar-refractivity contribution is 5.50. The Morgan fingerprint density at radius 3 is 2.94 bits per heavy atom. The van der Waals surface area contributed by atoms with Crippen LogP contribution in [-0.4, -0.2) is 25.8 Å². The van der Waals surface area contributed by atoms with E-state index in [0.717, 1.165) is 43.9 Å². The standard InChI is InChI=1S/C15H23NO2/c1-15(2)11-12-7-6-8-13(14(12)18-15)17-10-5-4-9-16-3/h6-8,16H,4-5,9-11H2,1-3H3. The van der Waals surface area contributed by atoms with Gasteiger partial charge in [-0.1, -0.05) is 12.1 Å². The van der Waals surface area contributed by atoms with Crippen molar-refractivity contribution < 1.29 is 9.47 Å². The van der Waals surface area contributed by atoms with Crippen molar-refractivity contribution in [2.45, 2.75) is 38.7 Å². The van der Waals surface area contributed by atoms with Crippen LogP contribution in [0, 0.1) is 0 Å². The van der Waals surface area contributed by atoms with E-state index in [1.165, 1.54) is 5.56 Å². The van der Waals surface area contributed by atoms with Crippen molar-refractivity contribution in [2.75, 3.05) is 20.2 Å². The molecule has 3 heteroatoms. The Kier molecular flexibility index (Phi) is 4.12. The number of para-hydroxylation sites is 1. The van der Waals surface area contributed by atoms with E-state index in [0.29, 0.717) is 0 Å². The second kappa shape index (κ2) is 5.61. The summed E-state index contributed by atoms with van der Waals surface area (Å²) < 4.78 is 11.8. The number of rotatable bonds is 6. The smallest absolute Gasteiger partial charge is 0.165 e. The molecule has 1 N–H and O–H groups in total. The fourth-order valence-electron chi connectivity index (χ4n) is 2.29. The van der Waals surface area contributed by atoms with Gasteiger partial charge in [0.15, 0.2) is 11.5 Å². The molecule has 1 heterocycles. The lowest BCUT2D eigenvalue weighted by atomic mass is 10.0. The van der Waals surface area contributed by atoms with Crippen LogP contribution in [0.5, 0.6) is 11.5 Å². The van der Waals surface area contributed by atoms with Crippen LogP contribution in [0.4, 0.5) is 0 Å². The van der Waals surface area contributed by atoms with E-state index in [2.05, 4.69) is 25.2 Å². The van der Waals surface area contributed by atoms with Gasteiger partial charge < -0.3 is 14.8 Å². The molecule has 3 nitrogen and oxygen atoms in total. The Morgan fingerprint density at radius 1 is 1.33 bits per heavy atom. The Balaban J connectivity index is 1.93. The molecule has 0 aromatic heterocycles. The summed E-state index contributed by atoms with van der Waals surface area (Å²) in [5.74, 6) is 1.83. The average Bonchev–Trinajstić information content (AvgIpc) is 2.63. The SMILES string of the molecule is CNCCCCOc1cccc2c1OC(C)(C)C2. The zero-order valence-electron chi connectivity index (χ0n) is 11.6. The minimum Gasteiger partial charge on any atom is -0.490 e. The number of hydrogen-bond acceptors (Lipinski definition) is 3. The van der Waals surface area contributed by atoms with Crippen molar-refractivity contribution in [3.63, 3.8) is 0 Å². The maximum atomic E-state index is 5.97. The fourth-order valence-corrected chi connectivity index (χ4v) is 2.29. The number of unbranched alkanes of at least 4 members (excludes halogenated alkanes) is 1. The van der Waals surface area contributed by atoms with Gasteiger partial charge >= 0.3 is 0 Å². The molecule has 0 saturated carbocycles. The number of nitrogens with one attached hydrogen (secondary N) is 1. The van der Waals surface area contributed by atoms with Crippen LogP contribution in [0.15, 0.2) is 18.2 Å². The van der Waals surface area contributed by atoms with Gasteiger partial charge in [0.05, 0.1) is 6.61 Å². The van der Waals surface area contributed by atoms with Crippen molar-refractivity contribution in [1.82, 2.24) is 5.32 Å². The number of fused-ring (bicyclic) bond motifs is 1. The van der Waals surface area contributed by atoms with Crippen molar-refractivity contribution in [2.24, 2.45) is 0 Å². The minimum atomic E-state index is -0.103. The number of benzene rings is 1. The molecule has 100 valence electrons. The first-order chi connectivity index (χ1) is 8.62. The summed E-state index contributed by atoms with van der Waals surface area (Å²) in [5.41, 5.74) is 1.15. The molecule has 0 radical (unpaired) electrons. The van der Waals surface area contributed by atoms with E-state index in [1.54, 1.807) is 0 Å². The van der Waals surface area contributed by atoms with Crippen LogP contribution < -0.4 is 14.8 Å². The Bertz CT molecular complexity index is 401. The quantitative estimate of drug-likeness (QED) is 0.786. The van der Waals surface area contributed by atoms with Crippen molar-refractivity contribution >= 4 is 0 Å². The van der Waals surface area contributed by atoms with Crippen LogP contribution >= 0.6 is 0 Å². The first-order valence-corrected chi connectivity index (χ1v) is 6.71. The summed E-state index contributed by atoms with van der Waals surface area (Å²) in [6.07, 6.45) is 3.16. The van der Waals surface area contributed by atoms with Gasteiger partial charge in [0.1, 0.15) is 5.60 Å². The zero-order valence-corrected chi connectivity index (χ0v) is 11.6.